The zero-order valence-electron chi connectivity index (χ0n) is 14.1. The van der Waals surface area contributed by atoms with Gasteiger partial charge >= 0.3 is 0 Å². The molecular weight excluding hydrogens is 364 g/mol. The minimum Gasteiger partial charge on any atom is -0.496 e. The van der Waals surface area contributed by atoms with Gasteiger partial charge in [0.05, 0.1) is 6.26 Å². The van der Waals surface area contributed by atoms with Crippen molar-refractivity contribution < 1.29 is 14.3 Å². The van der Waals surface area contributed by atoms with E-state index in [1.807, 2.05) is 54.6 Å². The number of rotatable bonds is 8. The Morgan fingerprint density at radius 3 is 1.85 bits per heavy atom. The summed E-state index contributed by atoms with van der Waals surface area (Å²) in [6.07, 6.45) is 6.10. The van der Waals surface area contributed by atoms with Gasteiger partial charge in [-0.15, -0.1) is 0 Å². The first kappa shape index (κ1) is 19.8. The van der Waals surface area contributed by atoms with Crippen LogP contribution in [0.1, 0.15) is 11.1 Å². The fourth-order valence-corrected chi connectivity index (χ4v) is 3.06. The van der Waals surface area contributed by atoms with Crippen molar-refractivity contribution in [3.05, 3.63) is 91.2 Å². The predicted octanol–water partition coefficient (Wildman–Crippen LogP) is 5.48. The van der Waals surface area contributed by atoms with Gasteiger partial charge in [0.15, 0.2) is 0 Å². The summed E-state index contributed by atoms with van der Waals surface area (Å²) < 4.78 is 5.53. The molecule has 3 nitrogen and oxygen atoms in total. The number of hydrogen-bond donors (Lipinski definition) is 0. The smallest absolute Gasteiger partial charge is 0.216 e. The van der Waals surface area contributed by atoms with Crippen LogP contribution in [0.15, 0.2) is 89.9 Å². The Kier molecular flexibility index (Phi) is 7.99. The summed E-state index contributed by atoms with van der Waals surface area (Å²) in [6, 6.07) is 15.2. The van der Waals surface area contributed by atoms with Crippen LogP contribution in [0, 0.1) is 0 Å². The Morgan fingerprint density at radius 1 is 0.846 bits per heavy atom. The maximum Gasteiger partial charge on any atom is 0.216 e. The fourth-order valence-electron chi connectivity index (χ4n) is 1.89. The summed E-state index contributed by atoms with van der Waals surface area (Å²) in [5.74, 6) is 0. The van der Waals surface area contributed by atoms with Crippen molar-refractivity contribution in [3.8, 4) is 0 Å². The Morgan fingerprint density at radius 2 is 1.35 bits per heavy atom. The van der Waals surface area contributed by atoms with Crippen molar-refractivity contribution in [1.82, 2.24) is 0 Å². The molecule has 0 radical (unpaired) electrons. The molecule has 5 heteroatoms. The molecule has 0 heterocycles. The van der Waals surface area contributed by atoms with Crippen LogP contribution in [-0.4, -0.2) is 10.2 Å². The zero-order valence-corrected chi connectivity index (χ0v) is 15.7. The molecule has 132 valence electrons. The number of hydrogen-bond acceptors (Lipinski definition) is 5. The number of thioether (sulfide) groups is 2. The van der Waals surface area contributed by atoms with E-state index in [0.717, 1.165) is 44.4 Å². The Bertz CT molecular complexity index is 806. The highest BCUT2D eigenvalue weighted by atomic mass is 32.2. The maximum atomic E-state index is 11.3. The molecule has 2 aromatic rings. The van der Waals surface area contributed by atoms with Gasteiger partial charge in [-0.05, 0) is 77.1 Å². The largest absolute Gasteiger partial charge is 0.496 e. The van der Waals surface area contributed by atoms with Crippen molar-refractivity contribution in [2.45, 2.75) is 16.4 Å². The van der Waals surface area contributed by atoms with Crippen LogP contribution in [0.2, 0.25) is 0 Å². The summed E-state index contributed by atoms with van der Waals surface area (Å²) in [4.78, 5) is 24.3. The van der Waals surface area contributed by atoms with Crippen LogP contribution in [-0.2, 0) is 20.9 Å². The number of ether oxygens (including phenoxy) is 1. The summed E-state index contributed by atoms with van der Waals surface area (Å²) in [7, 11) is 0. The highest BCUT2D eigenvalue weighted by Crippen LogP contribution is 2.21. The van der Waals surface area contributed by atoms with Crippen molar-refractivity contribution in [2.24, 2.45) is 0 Å². The van der Waals surface area contributed by atoms with E-state index in [1.165, 1.54) is 12.2 Å². The van der Waals surface area contributed by atoms with Crippen molar-refractivity contribution in [2.75, 3.05) is 0 Å². The normalized spacial score (nSPS) is 10.5. The van der Waals surface area contributed by atoms with Crippen LogP contribution in [0.25, 0.3) is 6.08 Å². The van der Waals surface area contributed by atoms with Crippen molar-refractivity contribution in [3.63, 3.8) is 0 Å². The highest BCUT2D eigenvalue weighted by Gasteiger charge is 2.01. The Labute approximate surface area is 161 Å². The van der Waals surface area contributed by atoms with E-state index in [9.17, 15) is 9.59 Å². The van der Waals surface area contributed by atoms with Gasteiger partial charge in [0, 0.05) is 9.79 Å². The first-order valence-electron chi connectivity index (χ1n) is 7.76. The number of carbonyl (C=O) groups excluding carboxylic acids is 2. The molecule has 0 aromatic heterocycles. The van der Waals surface area contributed by atoms with E-state index in [-0.39, 0.29) is 10.2 Å². The second-order valence-electron chi connectivity index (χ2n) is 5.08. The van der Waals surface area contributed by atoms with Crippen LogP contribution >= 0.6 is 23.5 Å². The Balaban J connectivity index is 1.81. The van der Waals surface area contributed by atoms with Gasteiger partial charge in [-0.3, -0.25) is 9.59 Å². The fraction of sp³-hybridized carbons (Fsp3) is 0.0476. The maximum absolute atomic E-state index is 11.3. The minimum absolute atomic E-state index is 0.0739. The molecule has 26 heavy (non-hydrogen) atoms. The Hall–Kier alpha value is -2.50. The topological polar surface area (TPSA) is 43.4 Å². The average Bonchev–Trinajstić information content (AvgIpc) is 2.67. The molecule has 2 aromatic carbocycles. The van der Waals surface area contributed by atoms with Crippen LogP contribution in [0.5, 0.6) is 0 Å². The van der Waals surface area contributed by atoms with E-state index in [0.29, 0.717) is 6.61 Å². The van der Waals surface area contributed by atoms with Crippen LogP contribution in [0.4, 0.5) is 0 Å². The minimum atomic E-state index is -0.0742. The molecule has 0 atom stereocenters. The summed E-state index contributed by atoms with van der Waals surface area (Å²) in [5, 5.41) is -0.148. The van der Waals surface area contributed by atoms with E-state index in [1.54, 1.807) is 6.26 Å². The lowest BCUT2D eigenvalue weighted by molar-refractivity contribution is -0.107. The lowest BCUT2D eigenvalue weighted by Crippen LogP contribution is -1.88. The third kappa shape index (κ3) is 6.78. The van der Waals surface area contributed by atoms with E-state index in [2.05, 4.69) is 13.2 Å². The van der Waals surface area contributed by atoms with Gasteiger partial charge in [0.1, 0.15) is 6.61 Å². The second kappa shape index (κ2) is 10.5. The number of benzene rings is 2. The molecule has 2 rings (SSSR count). The molecule has 0 aliphatic heterocycles. The summed E-state index contributed by atoms with van der Waals surface area (Å²) >= 11 is 2.29. The molecule has 0 bridgehead atoms. The summed E-state index contributed by atoms with van der Waals surface area (Å²) in [5.41, 5.74) is 2.00. The lowest BCUT2D eigenvalue weighted by Gasteiger charge is -2.03. The quantitative estimate of drug-likeness (QED) is 0.343. The first-order chi connectivity index (χ1) is 12.6. The molecule has 0 fully saturated rings. The first-order valence-corrected chi connectivity index (χ1v) is 9.39. The standard InChI is InChI=1S/C21H18O3S2/c1-3-20(22)25-18-9-5-16(6-10-18)13-14-24-15-17-7-11-19(12-8-17)26-21(23)4-2/h3-14H,1-2,15H2. The van der Waals surface area contributed by atoms with Gasteiger partial charge in [0.2, 0.25) is 10.2 Å². The van der Waals surface area contributed by atoms with E-state index in [4.69, 9.17) is 4.74 Å². The lowest BCUT2D eigenvalue weighted by atomic mass is 10.2. The monoisotopic (exact) mass is 382 g/mol. The van der Waals surface area contributed by atoms with Gasteiger partial charge in [-0.1, -0.05) is 37.4 Å². The van der Waals surface area contributed by atoms with Crippen molar-refractivity contribution >= 4 is 39.8 Å². The third-order valence-electron chi connectivity index (χ3n) is 3.18. The molecular formula is C21H18O3S2. The average molecular weight is 383 g/mol. The van der Waals surface area contributed by atoms with Crippen LogP contribution < -0.4 is 0 Å². The molecule has 0 saturated carbocycles. The van der Waals surface area contributed by atoms with E-state index < -0.39 is 0 Å². The predicted molar refractivity (Wildman–Crippen MR) is 109 cm³/mol. The SMILES string of the molecule is C=CC(=O)Sc1ccc(C=COCc2ccc(SC(=O)C=C)cc2)cc1. The number of carbonyl (C=O) groups is 2. The van der Waals surface area contributed by atoms with E-state index >= 15 is 0 Å². The van der Waals surface area contributed by atoms with Crippen molar-refractivity contribution in [1.29, 1.82) is 0 Å². The summed E-state index contributed by atoms with van der Waals surface area (Å²) in [6.45, 7) is 7.35. The van der Waals surface area contributed by atoms with Gasteiger partial charge < -0.3 is 4.74 Å². The van der Waals surface area contributed by atoms with Gasteiger partial charge in [-0.2, -0.15) is 0 Å². The van der Waals surface area contributed by atoms with Gasteiger partial charge in [0.25, 0.3) is 0 Å². The molecule has 0 saturated heterocycles. The molecule has 0 N–H and O–H groups in total. The third-order valence-corrected chi connectivity index (χ3v) is 4.93. The molecule has 0 unspecified atom stereocenters. The van der Waals surface area contributed by atoms with Crippen LogP contribution in [0.3, 0.4) is 0 Å². The highest BCUT2D eigenvalue weighted by molar-refractivity contribution is 8.14. The second-order valence-corrected chi connectivity index (χ2v) is 7.23. The molecule has 0 aliphatic rings. The molecule has 0 spiro atoms. The zero-order chi connectivity index (χ0) is 18.8. The van der Waals surface area contributed by atoms with Gasteiger partial charge in [-0.25, -0.2) is 0 Å². The molecule has 0 aliphatic carbocycles. The molecule has 0 amide bonds.